The van der Waals surface area contributed by atoms with Gasteiger partial charge in [-0.3, -0.25) is 0 Å². The molecular weight excluding hydrogens is 258 g/mol. The first kappa shape index (κ1) is 13.7. The van der Waals surface area contributed by atoms with Gasteiger partial charge in [-0.05, 0) is 46.5 Å². The van der Waals surface area contributed by atoms with E-state index in [0.717, 1.165) is 16.9 Å². The molecule has 0 aliphatic carbocycles. The molecule has 0 radical (unpaired) electrons. The van der Waals surface area contributed by atoms with Crippen molar-refractivity contribution in [2.45, 2.75) is 13.0 Å². The maximum atomic E-state index is 6.50. The van der Waals surface area contributed by atoms with Gasteiger partial charge in [0.25, 0.3) is 0 Å². The molecule has 0 bridgehead atoms. The van der Waals surface area contributed by atoms with Crippen LogP contribution in [0.1, 0.15) is 22.7 Å². The summed E-state index contributed by atoms with van der Waals surface area (Å²) >= 11 is 0. The van der Waals surface area contributed by atoms with Crippen molar-refractivity contribution in [2.24, 2.45) is 5.73 Å². The molecular formula is C19H19NO. The molecule has 0 amide bonds. The molecule has 2 N–H and O–H groups in total. The highest BCUT2D eigenvalue weighted by Gasteiger charge is 2.13. The fourth-order valence-corrected chi connectivity index (χ4v) is 2.76. The van der Waals surface area contributed by atoms with Gasteiger partial charge < -0.3 is 10.5 Å². The molecule has 0 aromatic heterocycles. The fraction of sp³-hybridized carbons (Fsp3) is 0.158. The Hall–Kier alpha value is -2.32. The zero-order valence-electron chi connectivity index (χ0n) is 12.3. The zero-order valence-corrected chi connectivity index (χ0v) is 12.3. The Kier molecular flexibility index (Phi) is 3.63. The Bertz CT molecular complexity index is 779. The van der Waals surface area contributed by atoms with Crippen molar-refractivity contribution in [1.29, 1.82) is 0 Å². The number of rotatable bonds is 3. The summed E-state index contributed by atoms with van der Waals surface area (Å²) in [5.74, 6) is 0.833. The van der Waals surface area contributed by atoms with Crippen molar-refractivity contribution in [3.05, 3.63) is 77.4 Å². The predicted octanol–water partition coefficient (Wildman–Crippen LogP) is 4.20. The van der Waals surface area contributed by atoms with Crippen LogP contribution in [-0.4, -0.2) is 7.11 Å². The lowest BCUT2D eigenvalue weighted by molar-refractivity contribution is 0.414. The second-order valence-electron chi connectivity index (χ2n) is 5.27. The summed E-state index contributed by atoms with van der Waals surface area (Å²) < 4.78 is 5.29. The molecule has 1 atom stereocenters. The molecule has 0 heterocycles. The van der Waals surface area contributed by atoms with Gasteiger partial charge in [0.05, 0.1) is 13.2 Å². The Morgan fingerprint density at radius 2 is 1.67 bits per heavy atom. The third-order valence-corrected chi connectivity index (χ3v) is 3.96. The van der Waals surface area contributed by atoms with E-state index in [4.69, 9.17) is 10.5 Å². The van der Waals surface area contributed by atoms with Crippen molar-refractivity contribution in [1.82, 2.24) is 0 Å². The molecule has 0 saturated heterocycles. The highest BCUT2D eigenvalue weighted by atomic mass is 16.5. The van der Waals surface area contributed by atoms with E-state index in [0.29, 0.717) is 0 Å². The molecule has 0 spiro atoms. The molecule has 2 nitrogen and oxygen atoms in total. The van der Waals surface area contributed by atoms with E-state index in [1.54, 1.807) is 7.11 Å². The molecule has 3 aromatic carbocycles. The average Bonchev–Trinajstić information content (AvgIpc) is 2.55. The van der Waals surface area contributed by atoms with Crippen LogP contribution in [-0.2, 0) is 0 Å². The number of nitrogens with two attached hydrogens (primary N) is 1. The standard InChI is InChI=1S/C19H19NO/c1-13-10-11-18(17-9-4-3-8-16(13)17)19(20)14-6-5-7-15(12-14)21-2/h3-12,19H,20H2,1-2H3. The number of aryl methyl sites for hydroxylation is 1. The molecule has 3 rings (SSSR count). The molecule has 0 aliphatic heterocycles. The van der Waals surface area contributed by atoms with Crippen molar-refractivity contribution in [3.63, 3.8) is 0 Å². The summed E-state index contributed by atoms with van der Waals surface area (Å²) in [6, 6.07) is 20.5. The van der Waals surface area contributed by atoms with Crippen LogP contribution < -0.4 is 10.5 Å². The molecule has 21 heavy (non-hydrogen) atoms. The Labute approximate surface area is 125 Å². The van der Waals surface area contributed by atoms with Crippen LogP contribution >= 0.6 is 0 Å². The van der Waals surface area contributed by atoms with Gasteiger partial charge in [0.2, 0.25) is 0 Å². The van der Waals surface area contributed by atoms with Crippen molar-refractivity contribution < 1.29 is 4.74 Å². The van der Waals surface area contributed by atoms with Gasteiger partial charge >= 0.3 is 0 Å². The van der Waals surface area contributed by atoms with Crippen LogP contribution in [0.25, 0.3) is 10.8 Å². The van der Waals surface area contributed by atoms with Gasteiger partial charge in [-0.15, -0.1) is 0 Å². The number of hydrogen-bond acceptors (Lipinski definition) is 2. The second kappa shape index (κ2) is 5.58. The lowest BCUT2D eigenvalue weighted by Crippen LogP contribution is -2.12. The number of hydrogen-bond donors (Lipinski definition) is 1. The van der Waals surface area contributed by atoms with Crippen LogP contribution in [0.15, 0.2) is 60.7 Å². The summed E-state index contributed by atoms with van der Waals surface area (Å²) in [4.78, 5) is 0. The molecule has 0 fully saturated rings. The predicted molar refractivity (Wildman–Crippen MR) is 87.7 cm³/mol. The minimum atomic E-state index is -0.161. The second-order valence-corrected chi connectivity index (χ2v) is 5.27. The monoisotopic (exact) mass is 277 g/mol. The molecule has 106 valence electrons. The first-order valence-electron chi connectivity index (χ1n) is 7.08. The topological polar surface area (TPSA) is 35.2 Å². The third kappa shape index (κ3) is 2.50. The maximum Gasteiger partial charge on any atom is 0.119 e. The van der Waals surface area contributed by atoms with Gasteiger partial charge in [-0.2, -0.15) is 0 Å². The lowest BCUT2D eigenvalue weighted by atomic mass is 9.92. The largest absolute Gasteiger partial charge is 0.497 e. The van der Waals surface area contributed by atoms with Gasteiger partial charge in [0.15, 0.2) is 0 Å². The van der Waals surface area contributed by atoms with E-state index in [1.165, 1.54) is 16.3 Å². The molecule has 2 heteroatoms. The first-order valence-corrected chi connectivity index (χ1v) is 7.08. The summed E-state index contributed by atoms with van der Waals surface area (Å²) in [6.07, 6.45) is 0. The fourth-order valence-electron chi connectivity index (χ4n) is 2.76. The first-order chi connectivity index (χ1) is 10.2. The highest BCUT2D eigenvalue weighted by molar-refractivity contribution is 5.89. The normalized spacial score (nSPS) is 12.3. The summed E-state index contributed by atoms with van der Waals surface area (Å²) in [6.45, 7) is 2.13. The quantitative estimate of drug-likeness (QED) is 0.778. The smallest absolute Gasteiger partial charge is 0.119 e. The number of fused-ring (bicyclic) bond motifs is 1. The number of methoxy groups -OCH3 is 1. The molecule has 0 aliphatic rings. The SMILES string of the molecule is COc1cccc(C(N)c2ccc(C)c3ccccc23)c1. The highest BCUT2D eigenvalue weighted by Crippen LogP contribution is 2.30. The Balaban J connectivity index is 2.13. The third-order valence-electron chi connectivity index (χ3n) is 3.96. The van der Waals surface area contributed by atoms with Crippen molar-refractivity contribution in [3.8, 4) is 5.75 Å². The Morgan fingerprint density at radius 3 is 2.43 bits per heavy atom. The van der Waals surface area contributed by atoms with E-state index in [1.807, 2.05) is 24.3 Å². The van der Waals surface area contributed by atoms with E-state index in [9.17, 15) is 0 Å². The van der Waals surface area contributed by atoms with Gasteiger partial charge in [-0.25, -0.2) is 0 Å². The minimum absolute atomic E-state index is 0.161. The molecule has 1 unspecified atom stereocenters. The lowest BCUT2D eigenvalue weighted by Gasteiger charge is -2.17. The van der Waals surface area contributed by atoms with E-state index < -0.39 is 0 Å². The molecule has 0 saturated carbocycles. The number of benzene rings is 3. The van der Waals surface area contributed by atoms with E-state index in [2.05, 4.69) is 43.3 Å². The summed E-state index contributed by atoms with van der Waals surface area (Å²) in [5.41, 5.74) is 9.97. The summed E-state index contributed by atoms with van der Waals surface area (Å²) in [5, 5.41) is 2.47. The van der Waals surface area contributed by atoms with Crippen LogP contribution in [0.2, 0.25) is 0 Å². The van der Waals surface area contributed by atoms with Crippen LogP contribution in [0, 0.1) is 6.92 Å². The van der Waals surface area contributed by atoms with Crippen LogP contribution in [0.5, 0.6) is 5.75 Å². The van der Waals surface area contributed by atoms with Crippen LogP contribution in [0.4, 0.5) is 0 Å². The van der Waals surface area contributed by atoms with Crippen molar-refractivity contribution >= 4 is 10.8 Å². The minimum Gasteiger partial charge on any atom is -0.497 e. The average molecular weight is 277 g/mol. The van der Waals surface area contributed by atoms with E-state index in [-0.39, 0.29) is 6.04 Å². The molecule has 3 aromatic rings. The number of ether oxygens (including phenoxy) is 1. The van der Waals surface area contributed by atoms with Gasteiger partial charge in [-0.1, -0.05) is 48.5 Å². The van der Waals surface area contributed by atoms with Crippen LogP contribution in [0.3, 0.4) is 0 Å². The van der Waals surface area contributed by atoms with Gasteiger partial charge in [0.1, 0.15) is 5.75 Å². The summed E-state index contributed by atoms with van der Waals surface area (Å²) in [7, 11) is 1.67. The Morgan fingerprint density at radius 1 is 0.905 bits per heavy atom. The van der Waals surface area contributed by atoms with Crippen molar-refractivity contribution in [2.75, 3.05) is 7.11 Å². The maximum absolute atomic E-state index is 6.50. The zero-order chi connectivity index (χ0) is 14.8. The van der Waals surface area contributed by atoms with E-state index >= 15 is 0 Å². The van der Waals surface area contributed by atoms with Gasteiger partial charge in [0, 0.05) is 0 Å².